The van der Waals surface area contributed by atoms with E-state index in [0.717, 1.165) is 45.1 Å². The minimum Gasteiger partial charge on any atom is -0.457 e. The van der Waals surface area contributed by atoms with Crippen molar-refractivity contribution in [3.8, 4) is 0 Å². The molecule has 3 fully saturated rings. The van der Waals surface area contributed by atoms with E-state index >= 15 is 0 Å². The lowest BCUT2D eigenvalue weighted by Gasteiger charge is -2.39. The van der Waals surface area contributed by atoms with Gasteiger partial charge in [0.2, 0.25) is 0 Å². The molecule has 5 atom stereocenters. The first-order valence-electron chi connectivity index (χ1n) is 8.88. The first-order chi connectivity index (χ1) is 11.0. The zero-order chi connectivity index (χ0) is 16.2. The number of rotatable bonds is 1. The van der Waals surface area contributed by atoms with Gasteiger partial charge in [-0.3, -0.25) is 9.69 Å². The van der Waals surface area contributed by atoms with Gasteiger partial charge in [-0.2, -0.15) is 0 Å². The first kappa shape index (κ1) is 15.2. The lowest BCUT2D eigenvalue weighted by Crippen LogP contribution is -2.52. The molecule has 0 aromatic carbocycles. The van der Waals surface area contributed by atoms with Crippen LogP contribution in [0.2, 0.25) is 0 Å². The van der Waals surface area contributed by atoms with Crippen LogP contribution in [0, 0.1) is 5.92 Å². The van der Waals surface area contributed by atoms with Crippen molar-refractivity contribution in [1.82, 2.24) is 4.90 Å². The lowest BCUT2D eigenvalue weighted by atomic mass is 9.83. The van der Waals surface area contributed by atoms with E-state index in [4.69, 9.17) is 9.47 Å². The van der Waals surface area contributed by atoms with Crippen LogP contribution in [-0.2, 0) is 19.1 Å². The number of nitrogens with zero attached hydrogens (tertiary/aromatic N) is 1. The maximum atomic E-state index is 12.1. The second-order valence-corrected chi connectivity index (χ2v) is 7.67. The van der Waals surface area contributed by atoms with Crippen molar-refractivity contribution in [2.24, 2.45) is 5.92 Å². The molecule has 0 aliphatic carbocycles. The number of fused-ring (bicyclic) bond motifs is 2. The molecule has 4 heterocycles. The monoisotopic (exact) mass is 319 g/mol. The maximum Gasteiger partial charge on any atom is 0.334 e. The molecule has 0 aromatic heterocycles. The fourth-order valence-electron chi connectivity index (χ4n) is 5.07. The molecule has 126 valence electrons. The van der Waals surface area contributed by atoms with Gasteiger partial charge in [0.25, 0.3) is 0 Å². The zero-order valence-corrected chi connectivity index (χ0v) is 13.9. The van der Waals surface area contributed by atoms with Gasteiger partial charge in [0, 0.05) is 12.0 Å². The molecule has 1 spiro atoms. The zero-order valence-electron chi connectivity index (χ0n) is 13.9. The Balaban J connectivity index is 1.60. The highest BCUT2D eigenvalue weighted by Gasteiger charge is 2.56. The summed E-state index contributed by atoms with van der Waals surface area (Å²) in [4.78, 5) is 26.3. The minimum absolute atomic E-state index is 0.000415. The van der Waals surface area contributed by atoms with Crippen LogP contribution in [0.5, 0.6) is 0 Å². The van der Waals surface area contributed by atoms with Gasteiger partial charge in [-0.1, -0.05) is 6.92 Å². The molecule has 0 aromatic rings. The smallest absolute Gasteiger partial charge is 0.334 e. The Morgan fingerprint density at radius 3 is 2.74 bits per heavy atom. The molecule has 23 heavy (non-hydrogen) atoms. The summed E-state index contributed by atoms with van der Waals surface area (Å²) in [7, 11) is 0. The number of ether oxygens (including phenoxy) is 2. The van der Waals surface area contributed by atoms with Crippen molar-refractivity contribution < 1.29 is 19.1 Å². The molecule has 0 N–H and O–H groups in total. The van der Waals surface area contributed by atoms with E-state index in [0.29, 0.717) is 5.57 Å². The number of cyclic esters (lactones) is 1. The van der Waals surface area contributed by atoms with Crippen molar-refractivity contribution in [3.63, 3.8) is 0 Å². The molecule has 4 aliphatic heterocycles. The summed E-state index contributed by atoms with van der Waals surface area (Å²) in [5.74, 6) is -0.234. The molecule has 0 bridgehead atoms. The van der Waals surface area contributed by atoms with E-state index in [1.807, 2.05) is 19.9 Å². The number of hydrogen-bond acceptors (Lipinski definition) is 5. The van der Waals surface area contributed by atoms with Crippen molar-refractivity contribution in [3.05, 3.63) is 11.6 Å². The Hall–Kier alpha value is -1.36. The van der Waals surface area contributed by atoms with Gasteiger partial charge in [0.15, 0.2) is 0 Å². The third-order valence-corrected chi connectivity index (χ3v) is 6.15. The lowest BCUT2D eigenvalue weighted by molar-refractivity contribution is -0.155. The Bertz CT molecular complexity index is 571. The molecule has 3 saturated heterocycles. The van der Waals surface area contributed by atoms with Crippen LogP contribution in [0.15, 0.2) is 11.6 Å². The quantitative estimate of drug-likeness (QED) is 0.694. The summed E-state index contributed by atoms with van der Waals surface area (Å²) < 4.78 is 11.5. The summed E-state index contributed by atoms with van der Waals surface area (Å²) >= 11 is 0. The topological polar surface area (TPSA) is 55.8 Å². The third kappa shape index (κ3) is 2.32. The molecular formula is C18H25NO4. The van der Waals surface area contributed by atoms with E-state index in [1.54, 1.807) is 0 Å². The fraction of sp³-hybridized carbons (Fsp3) is 0.778. The molecule has 0 saturated carbocycles. The Kier molecular flexibility index (Phi) is 3.52. The van der Waals surface area contributed by atoms with Gasteiger partial charge in [0.1, 0.15) is 11.7 Å². The molecule has 0 amide bonds. The van der Waals surface area contributed by atoms with Crippen LogP contribution in [0.4, 0.5) is 0 Å². The summed E-state index contributed by atoms with van der Waals surface area (Å²) in [6.45, 7) is 4.80. The van der Waals surface area contributed by atoms with Crippen molar-refractivity contribution in [1.29, 1.82) is 0 Å². The normalized spacial score (nSPS) is 44.0. The standard InChI is InChI=1S/C18H25NO4/c1-11-9-14(22-16(11)20)13-5-6-15-18(7-3-4-8-19(13)15)10-12(2)17(21)23-18/h9,12-15H,3-8,10H2,1-2H3/t12-,13+,14+,15+,18+/m1/s1. The van der Waals surface area contributed by atoms with Crippen molar-refractivity contribution >= 4 is 11.9 Å². The first-order valence-corrected chi connectivity index (χ1v) is 8.88. The van der Waals surface area contributed by atoms with Crippen LogP contribution in [0.1, 0.15) is 52.4 Å². The molecule has 4 rings (SSSR count). The highest BCUT2D eigenvalue weighted by atomic mass is 16.6. The van der Waals surface area contributed by atoms with Gasteiger partial charge in [0.05, 0.1) is 18.0 Å². The van der Waals surface area contributed by atoms with Gasteiger partial charge >= 0.3 is 11.9 Å². The Labute approximate surface area is 137 Å². The number of carbonyl (C=O) groups excluding carboxylic acids is 2. The van der Waals surface area contributed by atoms with E-state index in [9.17, 15) is 9.59 Å². The number of carbonyl (C=O) groups is 2. The van der Waals surface area contributed by atoms with Crippen LogP contribution in [0.25, 0.3) is 0 Å². The van der Waals surface area contributed by atoms with Crippen molar-refractivity contribution in [2.75, 3.05) is 6.54 Å². The predicted octanol–water partition coefficient (Wildman–Crippen LogP) is 2.20. The summed E-state index contributed by atoms with van der Waals surface area (Å²) in [6, 6.07) is 0.503. The highest BCUT2D eigenvalue weighted by Crippen LogP contribution is 2.47. The molecule has 4 aliphatic rings. The van der Waals surface area contributed by atoms with Crippen LogP contribution in [-0.4, -0.2) is 47.2 Å². The average Bonchev–Trinajstić information content (AvgIpc) is 3.11. The molecular weight excluding hydrogens is 294 g/mol. The molecule has 0 unspecified atom stereocenters. The predicted molar refractivity (Wildman–Crippen MR) is 83.6 cm³/mol. The van der Waals surface area contributed by atoms with Crippen LogP contribution < -0.4 is 0 Å². The molecule has 5 nitrogen and oxygen atoms in total. The summed E-state index contributed by atoms with van der Waals surface area (Å²) in [5, 5.41) is 0. The van der Waals surface area contributed by atoms with E-state index < -0.39 is 0 Å². The highest BCUT2D eigenvalue weighted by molar-refractivity contribution is 5.90. The van der Waals surface area contributed by atoms with E-state index in [1.165, 1.54) is 0 Å². The SMILES string of the molecule is CC1=C[C@@H]([C@@H]2CC[C@@H]3N2CCCC[C@]32C[C@@H](C)C(=O)O2)OC1=O. The van der Waals surface area contributed by atoms with Gasteiger partial charge < -0.3 is 9.47 Å². The van der Waals surface area contributed by atoms with Gasteiger partial charge in [-0.15, -0.1) is 0 Å². The average molecular weight is 319 g/mol. The minimum atomic E-state index is -0.316. The second kappa shape index (κ2) is 5.33. The Morgan fingerprint density at radius 1 is 1.26 bits per heavy atom. The largest absolute Gasteiger partial charge is 0.457 e. The fourth-order valence-corrected chi connectivity index (χ4v) is 5.07. The summed E-state index contributed by atoms with van der Waals surface area (Å²) in [6.07, 6.45) is 7.86. The van der Waals surface area contributed by atoms with Crippen LogP contribution >= 0.6 is 0 Å². The summed E-state index contributed by atoms with van der Waals surface area (Å²) in [5.41, 5.74) is 0.396. The molecule has 5 heteroatoms. The Morgan fingerprint density at radius 2 is 2.09 bits per heavy atom. The second-order valence-electron chi connectivity index (χ2n) is 7.67. The van der Waals surface area contributed by atoms with E-state index in [2.05, 4.69) is 4.90 Å². The van der Waals surface area contributed by atoms with E-state index in [-0.39, 0.29) is 41.6 Å². The maximum absolute atomic E-state index is 12.1. The molecule has 0 radical (unpaired) electrons. The number of esters is 2. The van der Waals surface area contributed by atoms with Gasteiger partial charge in [-0.25, -0.2) is 4.79 Å². The number of hydrogen-bond donors (Lipinski definition) is 0. The third-order valence-electron chi connectivity index (χ3n) is 6.15. The van der Waals surface area contributed by atoms with Gasteiger partial charge in [-0.05, 0) is 51.6 Å². The van der Waals surface area contributed by atoms with Crippen molar-refractivity contribution in [2.45, 2.75) is 76.2 Å². The van der Waals surface area contributed by atoms with Crippen LogP contribution in [0.3, 0.4) is 0 Å².